The third-order valence-corrected chi connectivity index (χ3v) is 4.97. The van der Waals surface area contributed by atoms with Gasteiger partial charge in [0.15, 0.2) is 11.5 Å². The molecule has 7 heteroatoms. The highest BCUT2D eigenvalue weighted by Gasteiger charge is 2.30. The van der Waals surface area contributed by atoms with E-state index < -0.39 is 6.04 Å². The fraction of sp³-hybridized carbons (Fsp3) is 0.619. The lowest BCUT2D eigenvalue weighted by atomic mass is 10.0. The van der Waals surface area contributed by atoms with Gasteiger partial charge in [0.05, 0.1) is 18.7 Å². The minimum Gasteiger partial charge on any atom is -0.493 e. The summed E-state index contributed by atoms with van der Waals surface area (Å²) < 4.78 is 11.1. The number of rotatable bonds is 8. The summed E-state index contributed by atoms with van der Waals surface area (Å²) in [6, 6.07) is 2.56. The number of hydrogen-bond donors (Lipinski definition) is 1. The van der Waals surface area contributed by atoms with Crippen molar-refractivity contribution in [1.29, 1.82) is 0 Å². The van der Waals surface area contributed by atoms with E-state index in [1.165, 1.54) is 7.11 Å². The second-order valence-electron chi connectivity index (χ2n) is 7.92. The molecule has 1 aromatic carbocycles. The molecule has 1 aromatic rings. The molecule has 0 unspecified atom stereocenters. The molecule has 1 aliphatic heterocycles. The first kappa shape index (κ1) is 22.3. The molecule has 0 aliphatic carbocycles. The van der Waals surface area contributed by atoms with Crippen LogP contribution in [-0.4, -0.2) is 49.6 Å². The van der Waals surface area contributed by atoms with Crippen LogP contribution in [0.4, 0.5) is 0 Å². The Hall–Kier alpha value is -1.95. The van der Waals surface area contributed by atoms with Crippen molar-refractivity contribution in [2.75, 3.05) is 26.8 Å². The highest BCUT2D eigenvalue weighted by atomic mass is 35.5. The van der Waals surface area contributed by atoms with Crippen LogP contribution in [-0.2, 0) is 4.79 Å². The van der Waals surface area contributed by atoms with Gasteiger partial charge in [0, 0.05) is 18.7 Å². The van der Waals surface area contributed by atoms with Crippen molar-refractivity contribution < 1.29 is 19.1 Å². The second-order valence-corrected chi connectivity index (χ2v) is 8.33. The molecule has 1 fully saturated rings. The van der Waals surface area contributed by atoms with Gasteiger partial charge in [0.2, 0.25) is 5.91 Å². The summed E-state index contributed by atoms with van der Waals surface area (Å²) in [6.07, 6.45) is 2.02. The molecule has 0 radical (unpaired) electrons. The number of methoxy groups -OCH3 is 1. The van der Waals surface area contributed by atoms with Crippen LogP contribution in [0.2, 0.25) is 5.02 Å². The molecular weight excluding hydrogens is 380 g/mol. The number of carbonyl (C=O) groups is 2. The number of halogens is 1. The minimum absolute atomic E-state index is 0.0249. The number of carbonyl (C=O) groups excluding carboxylic acids is 2. The Bertz CT molecular complexity index is 700. The molecule has 2 rings (SSSR count). The van der Waals surface area contributed by atoms with Crippen molar-refractivity contribution in [1.82, 2.24) is 10.2 Å². The van der Waals surface area contributed by atoms with Gasteiger partial charge in [-0.25, -0.2) is 0 Å². The lowest BCUT2D eigenvalue weighted by Crippen LogP contribution is -2.50. The summed E-state index contributed by atoms with van der Waals surface area (Å²) in [5.41, 5.74) is 0.332. The van der Waals surface area contributed by atoms with Crippen molar-refractivity contribution in [3.63, 3.8) is 0 Å². The quantitative estimate of drug-likeness (QED) is 0.708. The number of likely N-dealkylation sites (tertiary alicyclic amines) is 1. The molecule has 6 nitrogen and oxygen atoms in total. The Morgan fingerprint density at radius 3 is 2.36 bits per heavy atom. The van der Waals surface area contributed by atoms with Crippen LogP contribution >= 0.6 is 11.6 Å². The Labute approximate surface area is 172 Å². The first-order chi connectivity index (χ1) is 13.2. The number of hydrogen-bond acceptors (Lipinski definition) is 4. The van der Waals surface area contributed by atoms with E-state index in [9.17, 15) is 9.59 Å². The molecule has 1 aliphatic rings. The van der Waals surface area contributed by atoms with Crippen molar-refractivity contribution in [3.8, 4) is 11.5 Å². The Balaban J connectivity index is 2.19. The zero-order valence-electron chi connectivity index (χ0n) is 17.4. The number of benzene rings is 1. The van der Waals surface area contributed by atoms with E-state index in [1.807, 2.05) is 32.6 Å². The van der Waals surface area contributed by atoms with E-state index in [1.54, 1.807) is 12.1 Å². The van der Waals surface area contributed by atoms with E-state index in [0.717, 1.165) is 25.9 Å². The maximum Gasteiger partial charge on any atom is 0.252 e. The maximum atomic E-state index is 12.8. The Morgan fingerprint density at radius 1 is 1.18 bits per heavy atom. The van der Waals surface area contributed by atoms with Gasteiger partial charge in [-0.2, -0.15) is 0 Å². The molecule has 1 heterocycles. The van der Waals surface area contributed by atoms with Crippen LogP contribution in [0.5, 0.6) is 11.5 Å². The summed E-state index contributed by atoms with van der Waals surface area (Å²) >= 11 is 6.35. The lowest BCUT2D eigenvalue weighted by molar-refractivity contribution is -0.133. The monoisotopic (exact) mass is 410 g/mol. The summed E-state index contributed by atoms with van der Waals surface area (Å²) in [4.78, 5) is 27.4. The van der Waals surface area contributed by atoms with Crippen LogP contribution in [0, 0.1) is 11.8 Å². The largest absolute Gasteiger partial charge is 0.493 e. The summed E-state index contributed by atoms with van der Waals surface area (Å²) in [5, 5.41) is 3.18. The second kappa shape index (κ2) is 10.0. The first-order valence-corrected chi connectivity index (χ1v) is 10.2. The van der Waals surface area contributed by atoms with E-state index in [2.05, 4.69) is 5.32 Å². The molecule has 1 saturated heterocycles. The van der Waals surface area contributed by atoms with Crippen LogP contribution < -0.4 is 14.8 Å². The van der Waals surface area contributed by atoms with Gasteiger partial charge in [0.25, 0.3) is 5.91 Å². The van der Waals surface area contributed by atoms with Crippen LogP contribution in [0.15, 0.2) is 12.1 Å². The van der Waals surface area contributed by atoms with E-state index in [0.29, 0.717) is 34.6 Å². The fourth-order valence-electron chi connectivity index (χ4n) is 3.11. The zero-order valence-corrected chi connectivity index (χ0v) is 18.1. The van der Waals surface area contributed by atoms with Crippen molar-refractivity contribution in [2.45, 2.75) is 46.6 Å². The molecule has 156 valence electrons. The average molecular weight is 411 g/mol. The lowest BCUT2D eigenvalue weighted by Gasteiger charge is -2.26. The number of nitrogens with one attached hydrogen (secondary N) is 1. The zero-order chi connectivity index (χ0) is 20.8. The van der Waals surface area contributed by atoms with E-state index in [4.69, 9.17) is 21.1 Å². The van der Waals surface area contributed by atoms with Crippen molar-refractivity contribution >= 4 is 23.4 Å². The van der Waals surface area contributed by atoms with Crippen LogP contribution in [0.1, 0.15) is 50.9 Å². The molecule has 2 amide bonds. The molecule has 28 heavy (non-hydrogen) atoms. The third-order valence-electron chi connectivity index (χ3n) is 4.69. The highest BCUT2D eigenvalue weighted by molar-refractivity contribution is 6.32. The molecule has 0 bridgehead atoms. The highest BCUT2D eigenvalue weighted by Crippen LogP contribution is 2.36. The van der Waals surface area contributed by atoms with Crippen LogP contribution in [0.3, 0.4) is 0 Å². The van der Waals surface area contributed by atoms with Gasteiger partial charge in [-0.1, -0.05) is 39.3 Å². The summed E-state index contributed by atoms with van der Waals surface area (Å²) in [7, 11) is 1.50. The Morgan fingerprint density at radius 2 is 1.82 bits per heavy atom. The predicted molar refractivity (Wildman–Crippen MR) is 110 cm³/mol. The van der Waals surface area contributed by atoms with E-state index in [-0.39, 0.29) is 17.7 Å². The van der Waals surface area contributed by atoms with Gasteiger partial charge >= 0.3 is 0 Å². The third kappa shape index (κ3) is 5.53. The fourth-order valence-corrected chi connectivity index (χ4v) is 3.38. The summed E-state index contributed by atoms with van der Waals surface area (Å²) in [6.45, 7) is 9.90. The minimum atomic E-state index is -0.577. The van der Waals surface area contributed by atoms with Gasteiger partial charge < -0.3 is 19.7 Å². The molecule has 1 atom stereocenters. The standard InChI is InChI=1S/C21H31ClN2O4/c1-13(2)12-28-19-16(22)10-15(11-17(19)27-5)20(25)23-18(14(3)4)21(26)24-8-6-7-9-24/h10-11,13-14,18H,6-9,12H2,1-5H3,(H,23,25)/t18-/m0/s1. The van der Waals surface area contributed by atoms with Crippen molar-refractivity contribution in [2.24, 2.45) is 11.8 Å². The SMILES string of the molecule is COc1cc(C(=O)N[C@H](C(=O)N2CCCC2)C(C)C)cc(Cl)c1OCC(C)C. The number of ether oxygens (including phenoxy) is 2. The molecule has 0 saturated carbocycles. The molecule has 0 aromatic heterocycles. The van der Waals surface area contributed by atoms with Crippen LogP contribution in [0.25, 0.3) is 0 Å². The van der Waals surface area contributed by atoms with Gasteiger partial charge in [0.1, 0.15) is 6.04 Å². The normalized spacial score (nSPS) is 15.1. The topological polar surface area (TPSA) is 67.9 Å². The van der Waals surface area contributed by atoms with Gasteiger partial charge in [-0.15, -0.1) is 0 Å². The maximum absolute atomic E-state index is 12.8. The number of nitrogens with zero attached hydrogens (tertiary/aromatic N) is 1. The molecule has 0 spiro atoms. The smallest absolute Gasteiger partial charge is 0.252 e. The molecule has 1 N–H and O–H groups in total. The predicted octanol–water partition coefficient (Wildman–Crippen LogP) is 3.76. The Kier molecular flexibility index (Phi) is 7.98. The van der Waals surface area contributed by atoms with Crippen molar-refractivity contribution in [3.05, 3.63) is 22.7 Å². The summed E-state index contributed by atoms with van der Waals surface area (Å²) in [5.74, 6) is 0.723. The van der Waals surface area contributed by atoms with Gasteiger partial charge in [-0.3, -0.25) is 9.59 Å². The first-order valence-electron chi connectivity index (χ1n) is 9.84. The van der Waals surface area contributed by atoms with E-state index >= 15 is 0 Å². The average Bonchev–Trinajstić information content (AvgIpc) is 3.18. The number of amides is 2. The molecular formula is C21H31ClN2O4. The van der Waals surface area contributed by atoms with Gasteiger partial charge in [-0.05, 0) is 36.8 Å².